The minimum atomic E-state index is 0.517. The Balaban J connectivity index is 1.82. The maximum atomic E-state index is 4.39. The van der Waals surface area contributed by atoms with Gasteiger partial charge in [0.15, 0.2) is 5.69 Å². The zero-order chi connectivity index (χ0) is 19.2. The molecule has 2 heterocycles. The van der Waals surface area contributed by atoms with Crippen molar-refractivity contribution >= 4 is 10.8 Å². The van der Waals surface area contributed by atoms with Crippen molar-refractivity contribution in [2.45, 2.75) is 59.3 Å². The number of benzene rings is 1. The van der Waals surface area contributed by atoms with Crippen LogP contribution in [0, 0.1) is 19.3 Å². The number of rotatable bonds is 2. The fraction of sp³-hybridized carbons (Fsp3) is 0.440. The van der Waals surface area contributed by atoms with E-state index in [0.29, 0.717) is 11.3 Å². The van der Waals surface area contributed by atoms with Crippen molar-refractivity contribution in [1.29, 1.82) is 0 Å². The summed E-state index contributed by atoms with van der Waals surface area (Å²) in [4.78, 5) is 4.39. The highest BCUT2D eigenvalue weighted by atomic mass is 14.9. The molecule has 1 aliphatic carbocycles. The van der Waals surface area contributed by atoms with Crippen molar-refractivity contribution in [1.82, 2.24) is 4.98 Å². The molecule has 0 unspecified atom stereocenters. The Labute approximate surface area is 163 Å². The summed E-state index contributed by atoms with van der Waals surface area (Å²) in [7, 11) is 2.16. The van der Waals surface area contributed by atoms with Crippen molar-refractivity contribution in [3.05, 3.63) is 59.5 Å². The second-order valence-electron chi connectivity index (χ2n) is 9.17. The minimum absolute atomic E-state index is 0.517. The lowest BCUT2D eigenvalue weighted by atomic mass is 9.71. The molecule has 3 aromatic rings. The molecule has 2 nitrogen and oxygen atoms in total. The van der Waals surface area contributed by atoms with Crippen LogP contribution in [0.1, 0.15) is 62.3 Å². The van der Waals surface area contributed by atoms with Gasteiger partial charge in [-0.1, -0.05) is 26.0 Å². The van der Waals surface area contributed by atoms with Gasteiger partial charge in [-0.05, 0) is 72.6 Å². The lowest BCUT2D eigenvalue weighted by Crippen LogP contribution is -2.35. The molecule has 0 bridgehead atoms. The summed E-state index contributed by atoms with van der Waals surface area (Å²) in [5, 5.41) is 2.67. The maximum absolute atomic E-state index is 4.39. The first-order chi connectivity index (χ1) is 12.9. The van der Waals surface area contributed by atoms with Crippen LogP contribution in [0.3, 0.4) is 0 Å². The van der Waals surface area contributed by atoms with E-state index in [0.717, 1.165) is 0 Å². The molecule has 0 atom stereocenters. The van der Waals surface area contributed by atoms with E-state index in [1.54, 1.807) is 0 Å². The largest absolute Gasteiger partial charge is 0.264 e. The van der Waals surface area contributed by atoms with Gasteiger partial charge < -0.3 is 0 Å². The molecule has 1 aromatic carbocycles. The van der Waals surface area contributed by atoms with E-state index in [2.05, 4.69) is 74.6 Å². The normalized spacial score (nSPS) is 17.4. The molecular formula is C25H31N2+. The monoisotopic (exact) mass is 359 g/mol. The lowest BCUT2D eigenvalue weighted by Gasteiger charge is -2.34. The van der Waals surface area contributed by atoms with Crippen LogP contribution < -0.4 is 4.57 Å². The van der Waals surface area contributed by atoms with Crippen LogP contribution in [0.25, 0.3) is 22.0 Å². The number of fused-ring (bicyclic) bond motifs is 1. The van der Waals surface area contributed by atoms with E-state index in [9.17, 15) is 0 Å². The van der Waals surface area contributed by atoms with E-state index in [1.807, 2.05) is 12.4 Å². The Morgan fingerprint density at radius 1 is 1.04 bits per heavy atom. The van der Waals surface area contributed by atoms with Gasteiger partial charge in [-0.15, -0.1) is 0 Å². The van der Waals surface area contributed by atoms with E-state index in [-0.39, 0.29) is 0 Å². The van der Waals surface area contributed by atoms with Gasteiger partial charge in [0.05, 0.1) is 10.9 Å². The van der Waals surface area contributed by atoms with Gasteiger partial charge in [0.25, 0.3) is 0 Å². The third-order valence-electron chi connectivity index (χ3n) is 6.66. The average Bonchev–Trinajstić information content (AvgIpc) is 2.63. The minimum Gasteiger partial charge on any atom is -0.264 e. The zero-order valence-corrected chi connectivity index (χ0v) is 17.3. The van der Waals surface area contributed by atoms with Crippen LogP contribution in [0.5, 0.6) is 0 Å². The topological polar surface area (TPSA) is 16.8 Å². The van der Waals surface area contributed by atoms with Gasteiger partial charge in [0.1, 0.15) is 7.05 Å². The van der Waals surface area contributed by atoms with Crippen LogP contribution in [-0.4, -0.2) is 4.98 Å². The van der Waals surface area contributed by atoms with E-state index in [1.165, 1.54) is 64.5 Å². The van der Waals surface area contributed by atoms with Gasteiger partial charge in [0.2, 0.25) is 5.69 Å². The SMILES string of the molecule is Cc1ccncc1-c1c2ccc(C3CCC(C)(C)CC3)cc2cc(C)[n+]1C. The Morgan fingerprint density at radius 2 is 1.78 bits per heavy atom. The average molecular weight is 360 g/mol. The lowest BCUT2D eigenvalue weighted by molar-refractivity contribution is -0.665. The quantitative estimate of drug-likeness (QED) is 0.511. The third-order valence-corrected chi connectivity index (χ3v) is 6.66. The highest BCUT2D eigenvalue weighted by Gasteiger charge is 2.28. The summed E-state index contributed by atoms with van der Waals surface area (Å²) in [5.41, 5.74) is 7.07. The highest BCUT2D eigenvalue weighted by Crippen LogP contribution is 2.43. The van der Waals surface area contributed by atoms with E-state index < -0.39 is 0 Å². The Kier molecular flexibility index (Phi) is 4.53. The molecule has 0 spiro atoms. The second-order valence-corrected chi connectivity index (χ2v) is 9.17. The van der Waals surface area contributed by atoms with Crippen molar-refractivity contribution < 1.29 is 4.57 Å². The Morgan fingerprint density at radius 3 is 2.48 bits per heavy atom. The van der Waals surface area contributed by atoms with Crippen molar-refractivity contribution in [3.63, 3.8) is 0 Å². The number of aromatic nitrogens is 2. The molecule has 2 heteroatoms. The molecule has 0 aliphatic heterocycles. The molecule has 0 saturated heterocycles. The highest BCUT2D eigenvalue weighted by molar-refractivity contribution is 5.94. The van der Waals surface area contributed by atoms with Crippen molar-refractivity contribution in [2.24, 2.45) is 12.5 Å². The Bertz CT molecular complexity index is 991. The maximum Gasteiger partial charge on any atom is 0.222 e. The number of nitrogens with zero attached hydrogens (tertiary/aromatic N) is 2. The van der Waals surface area contributed by atoms with Gasteiger partial charge in [-0.2, -0.15) is 4.57 Å². The molecule has 4 rings (SSSR count). The first kappa shape index (κ1) is 18.2. The van der Waals surface area contributed by atoms with Gasteiger partial charge in [-0.25, -0.2) is 0 Å². The molecule has 27 heavy (non-hydrogen) atoms. The van der Waals surface area contributed by atoms with Crippen molar-refractivity contribution in [3.8, 4) is 11.3 Å². The van der Waals surface area contributed by atoms with Gasteiger partial charge in [0, 0.05) is 25.4 Å². The predicted molar refractivity (Wildman–Crippen MR) is 113 cm³/mol. The molecule has 140 valence electrons. The number of hydrogen-bond acceptors (Lipinski definition) is 1. The molecule has 0 amide bonds. The van der Waals surface area contributed by atoms with Crippen LogP contribution in [0.4, 0.5) is 0 Å². The third kappa shape index (κ3) is 3.38. The van der Waals surface area contributed by atoms with Crippen LogP contribution >= 0.6 is 0 Å². The number of aryl methyl sites for hydroxylation is 2. The standard InChI is InChI=1S/C25H31N2/c1-17-10-13-26-16-23(17)24-22-7-6-20(15-21(22)14-18(2)27(24)5)19-8-11-25(3,4)12-9-19/h6-7,10,13-16,19H,8-9,11-12H2,1-5H3/q+1. The fourth-order valence-electron chi connectivity index (χ4n) is 4.62. The van der Waals surface area contributed by atoms with Crippen LogP contribution in [-0.2, 0) is 7.05 Å². The Hall–Kier alpha value is -2.22. The summed E-state index contributed by atoms with van der Waals surface area (Å²) in [6, 6.07) is 11.6. The van der Waals surface area contributed by atoms with Crippen LogP contribution in [0.2, 0.25) is 0 Å². The first-order valence-corrected chi connectivity index (χ1v) is 10.2. The smallest absolute Gasteiger partial charge is 0.222 e. The summed E-state index contributed by atoms with van der Waals surface area (Å²) < 4.78 is 2.30. The van der Waals surface area contributed by atoms with Crippen LogP contribution in [0.15, 0.2) is 42.7 Å². The van der Waals surface area contributed by atoms with Gasteiger partial charge >= 0.3 is 0 Å². The number of pyridine rings is 2. The predicted octanol–water partition coefficient (Wildman–Crippen LogP) is 6.03. The fourth-order valence-corrected chi connectivity index (χ4v) is 4.62. The summed E-state index contributed by atoms with van der Waals surface area (Å²) >= 11 is 0. The molecule has 0 N–H and O–H groups in total. The molecular weight excluding hydrogens is 328 g/mol. The van der Waals surface area contributed by atoms with E-state index in [4.69, 9.17) is 0 Å². The molecule has 1 fully saturated rings. The molecule has 0 radical (unpaired) electrons. The molecule has 1 saturated carbocycles. The number of hydrogen-bond donors (Lipinski definition) is 0. The van der Waals surface area contributed by atoms with Crippen molar-refractivity contribution in [2.75, 3.05) is 0 Å². The summed E-state index contributed by atoms with van der Waals surface area (Å²) in [6.45, 7) is 9.19. The molecule has 1 aliphatic rings. The van der Waals surface area contributed by atoms with Gasteiger partial charge in [-0.3, -0.25) is 4.98 Å². The summed E-state index contributed by atoms with van der Waals surface area (Å²) in [6.07, 6.45) is 9.16. The first-order valence-electron chi connectivity index (χ1n) is 10.2. The molecule has 2 aromatic heterocycles. The van der Waals surface area contributed by atoms with E-state index >= 15 is 0 Å². The summed E-state index contributed by atoms with van der Waals surface area (Å²) in [5.74, 6) is 0.709. The zero-order valence-electron chi connectivity index (χ0n) is 17.3. The second kappa shape index (κ2) is 6.74.